The molecule has 4 rings (SSSR count). The number of benzene rings is 1. The zero-order chi connectivity index (χ0) is 22.7. The summed E-state index contributed by atoms with van der Waals surface area (Å²) >= 11 is 0. The lowest BCUT2D eigenvalue weighted by molar-refractivity contribution is -0.129. The normalized spacial score (nSPS) is 18.4. The number of hydrazine groups is 1. The van der Waals surface area contributed by atoms with Gasteiger partial charge < -0.3 is 4.90 Å². The van der Waals surface area contributed by atoms with Crippen LogP contribution in [0.15, 0.2) is 30.6 Å². The van der Waals surface area contributed by atoms with Crippen molar-refractivity contribution in [2.45, 2.75) is 58.0 Å². The first-order chi connectivity index (χ1) is 15.4. The number of amides is 1. The van der Waals surface area contributed by atoms with Gasteiger partial charge in [-0.3, -0.25) is 15.6 Å². The Kier molecular flexibility index (Phi) is 6.76. The van der Waals surface area contributed by atoms with Crippen molar-refractivity contribution in [2.24, 2.45) is 0 Å². The molecule has 1 aromatic carbocycles. The summed E-state index contributed by atoms with van der Waals surface area (Å²) in [7, 11) is 1.86. The van der Waals surface area contributed by atoms with Gasteiger partial charge in [-0.1, -0.05) is 12.1 Å². The number of hydrogen-bond donors (Lipinski definition) is 2. The summed E-state index contributed by atoms with van der Waals surface area (Å²) in [5.74, 6) is 0.495. The van der Waals surface area contributed by atoms with Gasteiger partial charge in [-0.2, -0.15) is 10.1 Å². The van der Waals surface area contributed by atoms with Gasteiger partial charge in [0, 0.05) is 43.5 Å². The number of fused-ring (bicyclic) bond motifs is 1. The highest BCUT2D eigenvalue weighted by Crippen LogP contribution is 2.24. The largest absolute Gasteiger partial charge is 0.346 e. The van der Waals surface area contributed by atoms with Crippen LogP contribution in [0.4, 0.5) is 4.39 Å². The van der Waals surface area contributed by atoms with Gasteiger partial charge in [-0.05, 0) is 62.8 Å². The number of rotatable bonds is 8. The summed E-state index contributed by atoms with van der Waals surface area (Å²) in [6.07, 6.45) is 5.31. The van der Waals surface area contributed by atoms with Crippen LogP contribution < -0.4 is 10.9 Å². The van der Waals surface area contributed by atoms with Crippen LogP contribution in [0.25, 0.3) is 5.78 Å². The summed E-state index contributed by atoms with van der Waals surface area (Å²) in [6, 6.07) is 7.13. The quantitative estimate of drug-likeness (QED) is 0.561. The smallest absolute Gasteiger partial charge is 0.252 e. The Morgan fingerprint density at radius 3 is 2.97 bits per heavy atom. The minimum absolute atomic E-state index is 0.109. The van der Waals surface area contributed by atoms with Crippen molar-refractivity contribution in [2.75, 3.05) is 13.6 Å². The Morgan fingerprint density at radius 1 is 1.31 bits per heavy atom. The average Bonchev–Trinajstić information content (AvgIpc) is 3.43. The van der Waals surface area contributed by atoms with E-state index in [4.69, 9.17) is 0 Å². The van der Waals surface area contributed by atoms with Crippen molar-refractivity contribution in [3.63, 3.8) is 0 Å². The van der Waals surface area contributed by atoms with E-state index in [1.165, 1.54) is 12.4 Å². The molecular weight excluding hydrogens is 409 g/mol. The van der Waals surface area contributed by atoms with Gasteiger partial charge >= 0.3 is 0 Å². The van der Waals surface area contributed by atoms with Gasteiger partial charge in [0.05, 0.1) is 0 Å². The third-order valence-electron chi connectivity index (χ3n) is 6.28. The summed E-state index contributed by atoms with van der Waals surface area (Å²) in [6.45, 7) is 4.64. The number of hydrogen-bond acceptors (Lipinski definition) is 6. The molecule has 170 valence electrons. The SMILES string of the molecule is Cc1nc2ncnn2c(C)c1CCC(=O)N(C)CCCC1CC(c2cccc(F)c2)NN1. The van der Waals surface area contributed by atoms with Crippen LogP contribution in [0, 0.1) is 19.7 Å². The molecule has 2 aromatic heterocycles. The first kappa shape index (κ1) is 22.3. The molecule has 32 heavy (non-hydrogen) atoms. The van der Waals surface area contributed by atoms with E-state index in [0.717, 1.165) is 41.8 Å². The number of carbonyl (C=O) groups is 1. The van der Waals surface area contributed by atoms with E-state index in [2.05, 4.69) is 25.9 Å². The number of halogens is 1. The fourth-order valence-corrected chi connectivity index (χ4v) is 4.39. The Hall–Kier alpha value is -2.91. The van der Waals surface area contributed by atoms with Crippen molar-refractivity contribution in [3.05, 3.63) is 58.9 Å². The van der Waals surface area contributed by atoms with E-state index in [-0.39, 0.29) is 17.8 Å². The van der Waals surface area contributed by atoms with Crippen LogP contribution in [0.2, 0.25) is 0 Å². The standard InChI is InChI=1S/C23H30FN7O/c1-15-20(16(2)31-23(27-15)25-14-26-31)9-10-22(32)30(3)11-5-8-19-13-21(29-28-19)17-6-4-7-18(24)12-17/h4,6-7,12,14,19,21,28-29H,5,8-11,13H2,1-3H3. The summed E-state index contributed by atoms with van der Waals surface area (Å²) < 4.78 is 15.2. The van der Waals surface area contributed by atoms with Crippen LogP contribution in [0.1, 0.15) is 54.2 Å². The Labute approximate surface area is 187 Å². The molecule has 1 aliphatic heterocycles. The van der Waals surface area contributed by atoms with Gasteiger partial charge in [0.1, 0.15) is 12.1 Å². The lowest BCUT2D eigenvalue weighted by Crippen LogP contribution is -2.32. The number of aryl methyl sites for hydroxylation is 2. The topological polar surface area (TPSA) is 87.5 Å². The minimum Gasteiger partial charge on any atom is -0.346 e. The third-order valence-corrected chi connectivity index (χ3v) is 6.28. The van der Waals surface area contributed by atoms with Gasteiger partial charge in [0.25, 0.3) is 5.78 Å². The van der Waals surface area contributed by atoms with Crippen molar-refractivity contribution in [3.8, 4) is 0 Å². The molecule has 0 saturated carbocycles. The molecule has 0 radical (unpaired) electrons. The number of nitrogens with zero attached hydrogens (tertiary/aromatic N) is 5. The molecule has 3 aromatic rings. The van der Waals surface area contributed by atoms with Crippen LogP contribution in [-0.2, 0) is 11.2 Å². The third kappa shape index (κ3) is 4.94. The molecule has 1 aliphatic rings. The van der Waals surface area contributed by atoms with Crippen molar-refractivity contribution in [1.82, 2.24) is 35.3 Å². The van der Waals surface area contributed by atoms with Crippen molar-refractivity contribution in [1.29, 1.82) is 0 Å². The molecule has 3 heterocycles. The Morgan fingerprint density at radius 2 is 2.16 bits per heavy atom. The summed E-state index contributed by atoms with van der Waals surface area (Å²) in [5.41, 5.74) is 10.4. The van der Waals surface area contributed by atoms with E-state index in [0.29, 0.717) is 31.2 Å². The van der Waals surface area contributed by atoms with Gasteiger partial charge in [-0.25, -0.2) is 13.9 Å². The predicted octanol–water partition coefficient (Wildman–Crippen LogP) is 2.66. The first-order valence-corrected chi connectivity index (χ1v) is 11.1. The molecule has 9 heteroatoms. The molecule has 2 N–H and O–H groups in total. The maximum atomic E-state index is 13.5. The molecule has 1 amide bonds. The van der Waals surface area contributed by atoms with Crippen molar-refractivity contribution < 1.29 is 9.18 Å². The lowest BCUT2D eigenvalue weighted by atomic mass is 9.99. The Bertz CT molecular complexity index is 1100. The van der Waals surface area contributed by atoms with Crippen LogP contribution in [0.3, 0.4) is 0 Å². The van der Waals surface area contributed by atoms with Crippen LogP contribution >= 0.6 is 0 Å². The highest BCUT2D eigenvalue weighted by Gasteiger charge is 2.25. The molecule has 0 aliphatic carbocycles. The fourth-order valence-electron chi connectivity index (χ4n) is 4.39. The van der Waals surface area contributed by atoms with E-state index in [9.17, 15) is 9.18 Å². The van der Waals surface area contributed by atoms with E-state index < -0.39 is 0 Å². The number of aromatic nitrogens is 4. The van der Waals surface area contributed by atoms with Crippen LogP contribution in [-0.4, -0.2) is 50.0 Å². The Balaban J connectivity index is 1.22. The molecule has 2 atom stereocenters. The van der Waals surface area contributed by atoms with E-state index in [1.54, 1.807) is 21.5 Å². The maximum absolute atomic E-state index is 13.5. The molecule has 1 saturated heterocycles. The fraction of sp³-hybridized carbons (Fsp3) is 0.478. The average molecular weight is 440 g/mol. The molecule has 1 fully saturated rings. The number of nitrogens with one attached hydrogen (secondary N) is 2. The monoisotopic (exact) mass is 439 g/mol. The second-order valence-corrected chi connectivity index (χ2v) is 8.52. The zero-order valence-electron chi connectivity index (χ0n) is 18.8. The first-order valence-electron chi connectivity index (χ1n) is 11.1. The second-order valence-electron chi connectivity index (χ2n) is 8.52. The maximum Gasteiger partial charge on any atom is 0.252 e. The molecule has 0 spiro atoms. The molecule has 8 nitrogen and oxygen atoms in total. The lowest BCUT2D eigenvalue weighted by Gasteiger charge is -2.19. The minimum atomic E-state index is -0.213. The predicted molar refractivity (Wildman–Crippen MR) is 119 cm³/mol. The van der Waals surface area contributed by atoms with Crippen LogP contribution in [0.5, 0.6) is 0 Å². The van der Waals surface area contributed by atoms with E-state index >= 15 is 0 Å². The van der Waals surface area contributed by atoms with E-state index in [1.807, 2.05) is 27.0 Å². The van der Waals surface area contributed by atoms with Gasteiger partial charge in [0.2, 0.25) is 5.91 Å². The van der Waals surface area contributed by atoms with Crippen molar-refractivity contribution >= 4 is 11.7 Å². The molecule has 2 unspecified atom stereocenters. The highest BCUT2D eigenvalue weighted by atomic mass is 19.1. The highest BCUT2D eigenvalue weighted by molar-refractivity contribution is 5.76. The molecular formula is C23H30FN7O. The number of carbonyl (C=O) groups excluding carboxylic acids is 1. The summed E-state index contributed by atoms with van der Waals surface area (Å²) in [4.78, 5) is 23.1. The van der Waals surface area contributed by atoms with Gasteiger partial charge in [-0.15, -0.1) is 0 Å². The van der Waals surface area contributed by atoms with Gasteiger partial charge in [0.15, 0.2) is 0 Å². The zero-order valence-corrected chi connectivity index (χ0v) is 18.8. The second kappa shape index (κ2) is 9.70. The summed E-state index contributed by atoms with van der Waals surface area (Å²) in [5, 5.41) is 4.21. The molecule has 0 bridgehead atoms.